The molecule has 0 unspecified atom stereocenters. The Labute approximate surface area is 59.8 Å². The van der Waals surface area contributed by atoms with Gasteiger partial charge in [0, 0.05) is 0 Å². The summed E-state index contributed by atoms with van der Waals surface area (Å²) in [7, 11) is 0. The van der Waals surface area contributed by atoms with Crippen LogP contribution >= 0.6 is 23.5 Å². The van der Waals surface area contributed by atoms with Gasteiger partial charge in [-0.2, -0.15) is 0 Å². The lowest BCUT2D eigenvalue weighted by atomic mass is 10.5. The summed E-state index contributed by atoms with van der Waals surface area (Å²) in [6, 6.07) is 0. The van der Waals surface area contributed by atoms with Gasteiger partial charge in [-0.15, -0.1) is 23.5 Å². The minimum Gasteiger partial charge on any atom is -0.145 e. The van der Waals surface area contributed by atoms with E-state index in [-0.39, 0.29) is 0 Å². The molecule has 0 N–H and O–H groups in total. The van der Waals surface area contributed by atoms with Gasteiger partial charge in [0.2, 0.25) is 0 Å². The Morgan fingerprint density at radius 1 is 1.12 bits per heavy atom. The molecule has 0 bridgehead atoms. The van der Waals surface area contributed by atoms with E-state index in [0.29, 0.717) is 4.08 Å². The second-order valence-corrected chi connectivity index (χ2v) is 6.14. The first-order chi connectivity index (χ1) is 3.71. The zero-order valence-corrected chi connectivity index (χ0v) is 7.07. The molecule has 48 valence electrons. The van der Waals surface area contributed by atoms with Gasteiger partial charge in [-0.1, -0.05) is 0 Å². The Hall–Kier alpha value is 0.700. The number of thioether (sulfide) groups is 2. The Bertz CT molecular complexity index is 70.6. The first-order valence-electron chi connectivity index (χ1n) is 2.99. The summed E-state index contributed by atoms with van der Waals surface area (Å²) in [6.45, 7) is 4.61. The number of hydrogen-bond acceptors (Lipinski definition) is 2. The second kappa shape index (κ2) is 2.53. The summed E-state index contributed by atoms with van der Waals surface area (Å²) >= 11 is 4.17. The summed E-state index contributed by atoms with van der Waals surface area (Å²) in [5.41, 5.74) is 0. The molecular formula is C6H12S2. The minimum absolute atomic E-state index is 0.512. The molecule has 0 aromatic rings. The molecule has 1 aliphatic rings. The average molecular weight is 148 g/mol. The van der Waals surface area contributed by atoms with E-state index in [1.807, 2.05) is 0 Å². The summed E-state index contributed by atoms with van der Waals surface area (Å²) in [5.74, 6) is 2.72. The van der Waals surface area contributed by atoms with Crippen molar-refractivity contribution in [1.29, 1.82) is 0 Å². The topological polar surface area (TPSA) is 0 Å². The van der Waals surface area contributed by atoms with Crippen LogP contribution in [0.3, 0.4) is 0 Å². The molecule has 0 atom stereocenters. The van der Waals surface area contributed by atoms with E-state index in [2.05, 4.69) is 37.4 Å². The van der Waals surface area contributed by atoms with Crippen LogP contribution in [0.2, 0.25) is 0 Å². The molecule has 1 aliphatic heterocycles. The molecule has 0 saturated carbocycles. The first-order valence-corrected chi connectivity index (χ1v) is 4.96. The van der Waals surface area contributed by atoms with Gasteiger partial charge >= 0.3 is 0 Å². The van der Waals surface area contributed by atoms with Crippen molar-refractivity contribution in [2.24, 2.45) is 0 Å². The highest BCUT2D eigenvalue weighted by Gasteiger charge is 2.21. The smallest absolute Gasteiger partial charge is 0.0555 e. The molecule has 0 spiro atoms. The number of rotatable bonds is 0. The van der Waals surface area contributed by atoms with Crippen LogP contribution in [0.15, 0.2) is 0 Å². The van der Waals surface area contributed by atoms with Crippen molar-refractivity contribution in [3.8, 4) is 0 Å². The molecule has 1 fully saturated rings. The van der Waals surface area contributed by atoms with Gasteiger partial charge in [-0.3, -0.25) is 0 Å². The van der Waals surface area contributed by atoms with Crippen LogP contribution in [0, 0.1) is 0 Å². The van der Waals surface area contributed by atoms with Gasteiger partial charge in [-0.25, -0.2) is 0 Å². The van der Waals surface area contributed by atoms with E-state index >= 15 is 0 Å². The molecule has 1 heterocycles. The van der Waals surface area contributed by atoms with Crippen LogP contribution in [0.1, 0.15) is 20.3 Å². The van der Waals surface area contributed by atoms with Crippen molar-refractivity contribution in [2.45, 2.75) is 24.3 Å². The normalized spacial score (nSPS) is 27.8. The van der Waals surface area contributed by atoms with Gasteiger partial charge in [-0.05, 0) is 31.8 Å². The van der Waals surface area contributed by atoms with E-state index in [0.717, 1.165) is 0 Å². The van der Waals surface area contributed by atoms with Crippen LogP contribution in [0.25, 0.3) is 0 Å². The minimum atomic E-state index is 0.512. The van der Waals surface area contributed by atoms with Crippen molar-refractivity contribution in [3.05, 3.63) is 0 Å². The van der Waals surface area contributed by atoms with Crippen molar-refractivity contribution < 1.29 is 0 Å². The molecule has 1 saturated heterocycles. The Morgan fingerprint density at radius 2 is 1.62 bits per heavy atom. The fourth-order valence-corrected chi connectivity index (χ4v) is 3.31. The molecule has 0 aliphatic carbocycles. The maximum absolute atomic E-state index is 2.31. The summed E-state index contributed by atoms with van der Waals surface area (Å²) in [4.78, 5) is 0. The van der Waals surface area contributed by atoms with Gasteiger partial charge in [0.05, 0.1) is 4.08 Å². The van der Waals surface area contributed by atoms with Crippen molar-refractivity contribution in [1.82, 2.24) is 0 Å². The molecular weight excluding hydrogens is 136 g/mol. The van der Waals surface area contributed by atoms with E-state index in [9.17, 15) is 0 Å². The van der Waals surface area contributed by atoms with E-state index in [1.165, 1.54) is 17.9 Å². The predicted molar refractivity (Wildman–Crippen MR) is 43.6 cm³/mol. The fourth-order valence-electron chi connectivity index (χ4n) is 0.737. The molecule has 0 aromatic heterocycles. The lowest BCUT2D eigenvalue weighted by Gasteiger charge is -2.27. The van der Waals surface area contributed by atoms with Gasteiger partial charge < -0.3 is 0 Å². The molecule has 2 heteroatoms. The van der Waals surface area contributed by atoms with Crippen LogP contribution in [0.5, 0.6) is 0 Å². The molecule has 0 radical (unpaired) electrons. The van der Waals surface area contributed by atoms with Crippen LogP contribution in [-0.2, 0) is 0 Å². The SMILES string of the molecule is CC1(C)SCCCS1. The Morgan fingerprint density at radius 3 is 1.88 bits per heavy atom. The first kappa shape index (κ1) is 6.81. The van der Waals surface area contributed by atoms with Crippen LogP contribution in [-0.4, -0.2) is 15.6 Å². The van der Waals surface area contributed by atoms with E-state index < -0.39 is 0 Å². The van der Waals surface area contributed by atoms with Crippen molar-refractivity contribution >= 4 is 23.5 Å². The third-order valence-corrected chi connectivity index (χ3v) is 4.27. The highest BCUT2D eigenvalue weighted by Crippen LogP contribution is 2.40. The molecule has 8 heavy (non-hydrogen) atoms. The Kier molecular flexibility index (Phi) is 2.15. The summed E-state index contributed by atoms with van der Waals surface area (Å²) in [6.07, 6.45) is 1.40. The quantitative estimate of drug-likeness (QED) is 0.518. The van der Waals surface area contributed by atoms with Crippen molar-refractivity contribution in [2.75, 3.05) is 11.5 Å². The monoisotopic (exact) mass is 148 g/mol. The third kappa shape index (κ3) is 1.90. The lowest BCUT2D eigenvalue weighted by molar-refractivity contribution is 0.976. The summed E-state index contributed by atoms with van der Waals surface area (Å²) < 4.78 is 0.512. The highest BCUT2D eigenvalue weighted by atomic mass is 32.2. The molecule has 0 nitrogen and oxygen atoms in total. The lowest BCUT2D eigenvalue weighted by Crippen LogP contribution is -2.15. The van der Waals surface area contributed by atoms with Crippen LogP contribution in [0.4, 0.5) is 0 Å². The molecule has 1 rings (SSSR count). The van der Waals surface area contributed by atoms with E-state index in [1.54, 1.807) is 0 Å². The zero-order chi connectivity index (χ0) is 6.04. The van der Waals surface area contributed by atoms with E-state index in [4.69, 9.17) is 0 Å². The highest BCUT2D eigenvalue weighted by molar-refractivity contribution is 8.18. The van der Waals surface area contributed by atoms with Gasteiger partial charge in [0.15, 0.2) is 0 Å². The summed E-state index contributed by atoms with van der Waals surface area (Å²) in [5, 5.41) is 0. The molecule has 0 aromatic carbocycles. The third-order valence-electron chi connectivity index (χ3n) is 1.19. The van der Waals surface area contributed by atoms with Crippen LogP contribution < -0.4 is 0 Å². The number of hydrogen-bond donors (Lipinski definition) is 0. The molecule has 0 amide bonds. The van der Waals surface area contributed by atoms with Gasteiger partial charge in [0.1, 0.15) is 0 Å². The maximum atomic E-state index is 2.31. The Balaban J connectivity index is 2.33. The predicted octanol–water partition coefficient (Wildman–Crippen LogP) is 2.59. The fraction of sp³-hybridized carbons (Fsp3) is 1.00. The standard InChI is InChI=1S/C6H12S2/c1-6(2)7-4-3-5-8-6/h3-5H2,1-2H3. The second-order valence-electron chi connectivity index (χ2n) is 2.45. The van der Waals surface area contributed by atoms with Crippen molar-refractivity contribution in [3.63, 3.8) is 0 Å². The van der Waals surface area contributed by atoms with Gasteiger partial charge in [0.25, 0.3) is 0 Å². The zero-order valence-electron chi connectivity index (χ0n) is 5.44. The largest absolute Gasteiger partial charge is 0.145 e. The maximum Gasteiger partial charge on any atom is 0.0555 e. The average Bonchev–Trinajstić information content (AvgIpc) is 1.65.